The van der Waals surface area contributed by atoms with E-state index in [-0.39, 0.29) is 5.41 Å². The number of aromatic amines is 1. The Morgan fingerprint density at radius 2 is 1.77 bits per heavy atom. The second-order valence-corrected chi connectivity index (χ2v) is 10.9. The molecular formula is C27H41N5O7. The molecule has 3 heterocycles. The molecule has 1 fully saturated rings. The summed E-state index contributed by atoms with van der Waals surface area (Å²) in [6.07, 6.45) is 4.21. The van der Waals surface area contributed by atoms with E-state index in [0.717, 1.165) is 31.9 Å². The summed E-state index contributed by atoms with van der Waals surface area (Å²) in [5, 5.41) is 41.4. The van der Waals surface area contributed by atoms with E-state index >= 15 is 0 Å². The Hall–Kier alpha value is -3.35. The zero-order chi connectivity index (χ0) is 29.2. The minimum absolute atomic E-state index is 0.0747. The van der Waals surface area contributed by atoms with Gasteiger partial charge in [0.05, 0.1) is 24.7 Å². The molecule has 12 heteroatoms. The number of nitrogens with zero attached hydrogens (tertiary/aromatic N) is 4. The molecule has 0 amide bonds. The predicted molar refractivity (Wildman–Crippen MR) is 143 cm³/mol. The number of pyridine rings is 1. The van der Waals surface area contributed by atoms with E-state index in [9.17, 15) is 14.4 Å². The summed E-state index contributed by atoms with van der Waals surface area (Å²) in [5.74, 6) is -5.02. The van der Waals surface area contributed by atoms with Crippen LogP contribution in [0.15, 0.2) is 30.6 Å². The average molecular weight is 548 g/mol. The smallest absolute Gasteiger partial charge is 0.336 e. The van der Waals surface area contributed by atoms with E-state index in [1.54, 1.807) is 0 Å². The first-order chi connectivity index (χ1) is 18.2. The summed E-state index contributed by atoms with van der Waals surface area (Å²) in [6.45, 7) is 14.2. The lowest BCUT2D eigenvalue weighted by atomic mass is 9.89. The fourth-order valence-corrected chi connectivity index (χ4v) is 4.76. The highest BCUT2D eigenvalue weighted by Crippen LogP contribution is 2.26. The topological polar surface area (TPSA) is 180 Å². The van der Waals surface area contributed by atoms with E-state index in [1.165, 1.54) is 30.6 Å². The van der Waals surface area contributed by atoms with Gasteiger partial charge >= 0.3 is 17.9 Å². The Kier molecular flexibility index (Phi) is 11.6. The molecule has 2 aromatic rings. The molecule has 1 saturated heterocycles. The van der Waals surface area contributed by atoms with Crippen molar-refractivity contribution in [3.8, 4) is 0 Å². The van der Waals surface area contributed by atoms with Gasteiger partial charge in [-0.15, -0.1) is 0 Å². The van der Waals surface area contributed by atoms with Gasteiger partial charge in [0.2, 0.25) is 0 Å². The van der Waals surface area contributed by atoms with Crippen molar-refractivity contribution >= 4 is 17.9 Å². The van der Waals surface area contributed by atoms with Crippen LogP contribution in [0.3, 0.4) is 0 Å². The lowest BCUT2D eigenvalue weighted by molar-refractivity contribution is -0.170. The summed E-state index contributed by atoms with van der Waals surface area (Å²) in [5.41, 5.74) is 1.01. The highest BCUT2D eigenvalue weighted by molar-refractivity contribution is 5.88. The molecule has 2 aromatic heterocycles. The van der Waals surface area contributed by atoms with Gasteiger partial charge in [-0.3, -0.25) is 29.5 Å². The van der Waals surface area contributed by atoms with Gasteiger partial charge in [-0.25, -0.2) is 4.79 Å². The van der Waals surface area contributed by atoms with Gasteiger partial charge < -0.3 is 20.4 Å². The van der Waals surface area contributed by atoms with Crippen LogP contribution in [0.4, 0.5) is 0 Å². The van der Waals surface area contributed by atoms with Gasteiger partial charge in [0.15, 0.2) is 5.60 Å². The van der Waals surface area contributed by atoms with E-state index in [4.69, 9.17) is 20.4 Å². The molecular weight excluding hydrogens is 506 g/mol. The Labute approximate surface area is 228 Å². The summed E-state index contributed by atoms with van der Waals surface area (Å²) >= 11 is 0. The van der Waals surface area contributed by atoms with Crippen LogP contribution in [0.25, 0.3) is 0 Å². The Morgan fingerprint density at radius 3 is 2.28 bits per heavy atom. The van der Waals surface area contributed by atoms with Gasteiger partial charge in [0.25, 0.3) is 0 Å². The molecule has 39 heavy (non-hydrogen) atoms. The standard InChI is InChI=1S/C21H33N5.C6H8O7/c1-5-26-12-8-10-19(26)16-25(15-18-9-6-7-11-22-18)14-17-13-23-24-20(17)21(2,3)4;7-3(8)1-6(13,5(11)12)2-4(9)10/h6-7,9,11,13,19H,5,8,10,12,14-16H2,1-4H3,(H,23,24);13H,1-2H2,(H,7,8)(H,9,10)(H,11,12). The third-order valence-electron chi connectivity index (χ3n) is 6.63. The molecule has 0 aromatic carbocycles. The number of nitrogens with one attached hydrogen (secondary N) is 1. The molecule has 1 atom stereocenters. The van der Waals surface area contributed by atoms with Crippen LogP contribution in [0, 0.1) is 0 Å². The SMILES string of the molecule is CCN1CCCC1CN(Cc1ccccn1)Cc1cn[nH]c1C(C)(C)C.O=C(O)CC(O)(CC(=O)O)C(=O)O. The molecule has 0 radical (unpaired) electrons. The second kappa shape index (κ2) is 14.2. The van der Waals surface area contributed by atoms with Crippen LogP contribution < -0.4 is 0 Å². The monoisotopic (exact) mass is 547 g/mol. The first-order valence-corrected chi connectivity index (χ1v) is 13.0. The number of hydrogen-bond donors (Lipinski definition) is 5. The first-order valence-electron chi connectivity index (χ1n) is 13.0. The Balaban J connectivity index is 0.000000349. The van der Waals surface area contributed by atoms with Crippen LogP contribution in [0.1, 0.15) is 70.3 Å². The number of rotatable bonds is 12. The fraction of sp³-hybridized carbons (Fsp3) is 0.593. The van der Waals surface area contributed by atoms with Gasteiger partial charge in [-0.1, -0.05) is 33.8 Å². The fourth-order valence-electron chi connectivity index (χ4n) is 4.76. The quantitative estimate of drug-likeness (QED) is 0.263. The highest BCUT2D eigenvalue weighted by Gasteiger charge is 2.40. The number of hydrogen-bond acceptors (Lipinski definition) is 8. The van der Waals surface area contributed by atoms with Crippen molar-refractivity contribution in [2.45, 2.75) is 83.5 Å². The summed E-state index contributed by atoms with van der Waals surface area (Å²) < 4.78 is 0. The number of carboxylic acid groups (broad SMARTS) is 3. The molecule has 5 N–H and O–H groups in total. The molecule has 0 saturated carbocycles. The summed E-state index contributed by atoms with van der Waals surface area (Å²) in [6, 6.07) is 6.83. The molecule has 0 aliphatic carbocycles. The van der Waals surface area contributed by atoms with Gasteiger partial charge in [-0.05, 0) is 38.1 Å². The molecule has 0 spiro atoms. The van der Waals surface area contributed by atoms with Crippen molar-refractivity contribution in [3.63, 3.8) is 0 Å². The Bertz CT molecular complexity index is 1070. The zero-order valence-electron chi connectivity index (χ0n) is 23.1. The highest BCUT2D eigenvalue weighted by atomic mass is 16.4. The number of likely N-dealkylation sites (N-methyl/N-ethyl adjacent to an activating group) is 1. The molecule has 216 valence electrons. The number of likely N-dealkylation sites (tertiary alicyclic amines) is 1. The number of carboxylic acids is 3. The lowest BCUT2D eigenvalue weighted by Gasteiger charge is -2.30. The van der Waals surface area contributed by atoms with Crippen LogP contribution in [0.5, 0.6) is 0 Å². The van der Waals surface area contributed by atoms with Crippen LogP contribution in [0.2, 0.25) is 0 Å². The maximum Gasteiger partial charge on any atom is 0.336 e. The van der Waals surface area contributed by atoms with E-state index in [0.29, 0.717) is 6.04 Å². The summed E-state index contributed by atoms with van der Waals surface area (Å²) in [7, 11) is 0. The third kappa shape index (κ3) is 10.0. The van der Waals surface area contributed by atoms with Gasteiger partial charge in [0.1, 0.15) is 0 Å². The van der Waals surface area contributed by atoms with E-state index < -0.39 is 36.4 Å². The number of aromatic nitrogens is 3. The van der Waals surface area contributed by atoms with Gasteiger partial charge in [0, 0.05) is 48.5 Å². The minimum Gasteiger partial charge on any atom is -0.481 e. The average Bonchev–Trinajstić information content (AvgIpc) is 3.48. The largest absolute Gasteiger partial charge is 0.481 e. The number of H-pyrrole nitrogens is 1. The van der Waals surface area contributed by atoms with Crippen molar-refractivity contribution in [1.29, 1.82) is 0 Å². The maximum atomic E-state index is 10.3. The number of carbonyl (C=O) groups is 3. The van der Waals surface area contributed by atoms with Crippen molar-refractivity contribution in [2.75, 3.05) is 19.6 Å². The van der Waals surface area contributed by atoms with Crippen LogP contribution in [-0.4, -0.2) is 94.6 Å². The predicted octanol–water partition coefficient (Wildman–Crippen LogP) is 2.34. The molecule has 3 rings (SSSR count). The minimum atomic E-state index is -2.74. The van der Waals surface area contributed by atoms with Crippen LogP contribution >= 0.6 is 0 Å². The van der Waals surface area contributed by atoms with Crippen LogP contribution in [-0.2, 0) is 32.9 Å². The zero-order valence-corrected chi connectivity index (χ0v) is 23.1. The van der Waals surface area contributed by atoms with Crippen molar-refractivity contribution in [2.24, 2.45) is 0 Å². The molecule has 1 aliphatic heterocycles. The first kappa shape index (κ1) is 31.9. The number of aliphatic hydroxyl groups is 1. The maximum absolute atomic E-state index is 10.3. The molecule has 1 aliphatic rings. The molecule has 1 unspecified atom stereocenters. The van der Waals surface area contributed by atoms with Crippen molar-refractivity contribution in [1.82, 2.24) is 25.0 Å². The van der Waals surface area contributed by atoms with Gasteiger partial charge in [-0.2, -0.15) is 5.10 Å². The third-order valence-corrected chi connectivity index (χ3v) is 6.63. The second-order valence-electron chi connectivity index (χ2n) is 10.9. The van der Waals surface area contributed by atoms with E-state index in [1.807, 2.05) is 18.5 Å². The Morgan fingerprint density at radius 1 is 1.10 bits per heavy atom. The van der Waals surface area contributed by atoms with Crippen molar-refractivity contribution < 1.29 is 34.8 Å². The molecule has 0 bridgehead atoms. The lowest BCUT2D eigenvalue weighted by Crippen LogP contribution is -2.42. The summed E-state index contributed by atoms with van der Waals surface area (Å²) in [4.78, 5) is 40.2. The van der Waals surface area contributed by atoms with Crippen molar-refractivity contribution in [3.05, 3.63) is 47.5 Å². The molecule has 12 nitrogen and oxygen atoms in total. The number of aliphatic carboxylic acids is 3. The van der Waals surface area contributed by atoms with E-state index in [2.05, 4.69) is 64.8 Å². The normalized spacial score (nSPS) is 16.1.